The van der Waals surface area contributed by atoms with Crippen molar-refractivity contribution in [3.63, 3.8) is 0 Å². The summed E-state index contributed by atoms with van der Waals surface area (Å²) in [4.78, 5) is 37.7. The highest BCUT2D eigenvalue weighted by molar-refractivity contribution is 5.71. The monoisotopic (exact) mass is 1300 g/mol. The first-order valence-corrected chi connectivity index (χ1v) is 40.3. The van der Waals surface area contributed by atoms with Gasteiger partial charge in [0.15, 0.2) is 6.10 Å². The molecule has 0 aromatic rings. The average molecular weight is 1300 g/mol. The number of nitrogens with zero attached hydrogens (tertiary/aromatic N) is 1. The normalized spacial score (nSPS) is 12.8. The van der Waals surface area contributed by atoms with Gasteiger partial charge in [0.25, 0.3) is 6.29 Å². The molecule has 0 aromatic heterocycles. The van der Waals surface area contributed by atoms with Crippen LogP contribution >= 0.6 is 0 Å². The lowest BCUT2D eigenvalue weighted by atomic mass is 10.0. The van der Waals surface area contributed by atoms with Crippen LogP contribution in [0.2, 0.25) is 0 Å². The van der Waals surface area contributed by atoms with Crippen LogP contribution in [0.15, 0.2) is 48.6 Å². The van der Waals surface area contributed by atoms with Gasteiger partial charge in [0, 0.05) is 12.8 Å². The van der Waals surface area contributed by atoms with E-state index < -0.39 is 18.4 Å². The number of carbonyl (C=O) groups excluding carboxylic acids is 2. The molecule has 540 valence electrons. The van der Waals surface area contributed by atoms with Crippen LogP contribution in [0.1, 0.15) is 406 Å². The minimum atomic E-state index is -1.51. The van der Waals surface area contributed by atoms with E-state index in [2.05, 4.69) is 62.5 Å². The van der Waals surface area contributed by atoms with Gasteiger partial charge in [0.05, 0.1) is 34.4 Å². The number of hydrogen-bond donors (Lipinski definition) is 1. The van der Waals surface area contributed by atoms with E-state index in [1.165, 1.54) is 315 Å². The molecule has 0 aromatic carbocycles. The summed E-state index contributed by atoms with van der Waals surface area (Å²) in [5.74, 6) is -1.97. The van der Waals surface area contributed by atoms with Gasteiger partial charge in [-0.25, -0.2) is 4.79 Å². The van der Waals surface area contributed by atoms with Gasteiger partial charge in [-0.1, -0.05) is 390 Å². The van der Waals surface area contributed by atoms with Crippen molar-refractivity contribution in [2.45, 2.75) is 418 Å². The number of hydrogen-bond acceptors (Lipinski definition) is 7. The lowest BCUT2D eigenvalue weighted by Gasteiger charge is -2.25. The van der Waals surface area contributed by atoms with Gasteiger partial charge in [0.2, 0.25) is 0 Å². The molecule has 0 bridgehead atoms. The molecular formula is C83H156NO8+. The summed E-state index contributed by atoms with van der Waals surface area (Å²) in [5, 5.41) is 9.77. The average Bonchev–Trinajstić information content (AvgIpc) is 3.75. The van der Waals surface area contributed by atoms with E-state index in [0.29, 0.717) is 17.4 Å². The summed E-state index contributed by atoms with van der Waals surface area (Å²) in [6.45, 7) is 4.85. The van der Waals surface area contributed by atoms with Gasteiger partial charge in [0.1, 0.15) is 13.2 Å². The molecule has 0 fully saturated rings. The quantitative estimate of drug-likeness (QED) is 0.0211. The van der Waals surface area contributed by atoms with E-state index in [1.807, 2.05) is 21.1 Å². The predicted molar refractivity (Wildman–Crippen MR) is 397 cm³/mol. The van der Waals surface area contributed by atoms with E-state index in [4.69, 9.17) is 18.9 Å². The Morgan fingerprint density at radius 1 is 0.337 bits per heavy atom. The van der Waals surface area contributed by atoms with Crippen molar-refractivity contribution >= 4 is 17.9 Å². The fourth-order valence-corrected chi connectivity index (χ4v) is 12.2. The van der Waals surface area contributed by atoms with Crippen LogP contribution in [0.3, 0.4) is 0 Å². The Labute approximate surface area is 572 Å². The summed E-state index contributed by atoms with van der Waals surface area (Å²) in [6, 6.07) is 0. The number of quaternary nitrogens is 1. The molecule has 9 heteroatoms. The number of likely N-dealkylation sites (N-methyl/N-ethyl adjacent to an activating group) is 1. The third-order valence-electron chi connectivity index (χ3n) is 18.3. The zero-order chi connectivity index (χ0) is 66.8. The number of unbranched alkanes of at least 4 members (excludes halogenated alkanes) is 53. The molecule has 9 nitrogen and oxygen atoms in total. The second-order valence-corrected chi connectivity index (χ2v) is 28.7. The van der Waals surface area contributed by atoms with Crippen LogP contribution in [-0.2, 0) is 33.3 Å². The Morgan fingerprint density at radius 3 is 0.924 bits per heavy atom. The van der Waals surface area contributed by atoms with E-state index in [9.17, 15) is 19.5 Å². The fraction of sp³-hybridized carbons (Fsp3) is 0.867. The molecule has 2 unspecified atom stereocenters. The van der Waals surface area contributed by atoms with Gasteiger partial charge < -0.3 is 28.5 Å². The number of allylic oxidation sites excluding steroid dienone is 8. The molecule has 0 radical (unpaired) electrons. The Bertz CT molecular complexity index is 1650. The molecular weight excluding hydrogens is 1140 g/mol. The smallest absolute Gasteiger partial charge is 0.361 e. The zero-order valence-electron chi connectivity index (χ0n) is 62.0. The molecule has 0 aliphatic heterocycles. The van der Waals surface area contributed by atoms with Gasteiger partial charge in [-0.15, -0.1) is 0 Å². The number of aliphatic carboxylic acids is 1. The maximum Gasteiger partial charge on any atom is 0.361 e. The molecule has 0 heterocycles. The van der Waals surface area contributed by atoms with Crippen molar-refractivity contribution in [3.8, 4) is 0 Å². The molecule has 0 amide bonds. The number of carbonyl (C=O) groups is 3. The highest BCUT2D eigenvalue weighted by Crippen LogP contribution is 2.20. The molecule has 92 heavy (non-hydrogen) atoms. The van der Waals surface area contributed by atoms with Gasteiger partial charge in [-0.05, 0) is 51.4 Å². The first-order valence-electron chi connectivity index (χ1n) is 40.3. The molecule has 0 saturated heterocycles. The van der Waals surface area contributed by atoms with Crippen molar-refractivity contribution in [2.75, 3.05) is 47.5 Å². The summed E-state index contributed by atoms with van der Waals surface area (Å²) >= 11 is 0. The zero-order valence-corrected chi connectivity index (χ0v) is 62.0. The fourth-order valence-electron chi connectivity index (χ4n) is 12.2. The molecule has 1 N–H and O–H groups in total. The molecule has 0 aliphatic rings. The molecule has 0 rings (SSSR count). The van der Waals surface area contributed by atoms with E-state index in [-0.39, 0.29) is 38.2 Å². The second-order valence-electron chi connectivity index (χ2n) is 28.7. The largest absolute Gasteiger partial charge is 0.477 e. The van der Waals surface area contributed by atoms with Gasteiger partial charge in [-0.3, -0.25) is 9.59 Å². The van der Waals surface area contributed by atoms with Crippen LogP contribution in [0, 0.1) is 0 Å². The van der Waals surface area contributed by atoms with Crippen LogP contribution in [0.5, 0.6) is 0 Å². The summed E-state index contributed by atoms with van der Waals surface area (Å²) < 4.78 is 23.1. The van der Waals surface area contributed by atoms with Gasteiger partial charge in [-0.2, -0.15) is 0 Å². The SMILES string of the molecule is CC/C=C\C/C=C\C/C=C\C/C=C\CCCCCCCCCCCCCCCCCCCCCCCCCCCCC(=O)OC(COC(=O)CCCCCCCCCCCCCCCCCCCCCCCCCCCCCC)COC(OCC[N+](C)(C)C)C(=O)O. The van der Waals surface area contributed by atoms with Crippen LogP contribution in [0.25, 0.3) is 0 Å². The summed E-state index contributed by atoms with van der Waals surface area (Å²) in [7, 11) is 6.00. The maximum absolute atomic E-state index is 13.0. The lowest BCUT2D eigenvalue weighted by Crippen LogP contribution is -2.40. The molecule has 2 atom stereocenters. The summed E-state index contributed by atoms with van der Waals surface area (Å²) in [5.41, 5.74) is 0. The number of esters is 2. The standard InChI is InChI=1S/C83H155NO8/c1-6-8-10-12-14-16-18-20-22-24-26-28-30-32-34-36-37-38-39-40-41-42-43-44-45-46-48-50-52-54-56-58-60-62-64-66-68-70-72-74-81(86)92-79(78-91-83(82(87)88)89-76-75-84(3,4)5)77-90-80(85)73-71-69-67-65-63-61-59-57-55-53-51-49-47-35-33-31-29-27-25-23-21-19-17-15-13-11-9-7-2/h8,10,14,16,20,22,26,28,79,83H,6-7,9,11-13,15,17-19,21,23-25,27,29-78H2,1-5H3/p+1/b10-8-,16-14-,22-20-,28-26-. The topological polar surface area (TPSA) is 108 Å². The first-order chi connectivity index (χ1) is 45.1. The van der Waals surface area contributed by atoms with Gasteiger partial charge >= 0.3 is 17.9 Å². The number of rotatable bonds is 76. The first kappa shape index (κ1) is 89.2. The van der Waals surface area contributed by atoms with Crippen LogP contribution in [0.4, 0.5) is 0 Å². The van der Waals surface area contributed by atoms with Crippen molar-refractivity contribution in [1.29, 1.82) is 0 Å². The number of carboxylic acids is 1. The van der Waals surface area contributed by atoms with Crippen LogP contribution < -0.4 is 0 Å². The minimum Gasteiger partial charge on any atom is -0.477 e. The van der Waals surface area contributed by atoms with Crippen LogP contribution in [-0.4, -0.2) is 87.4 Å². The third-order valence-corrected chi connectivity index (χ3v) is 18.3. The molecule has 0 aliphatic carbocycles. The number of ether oxygens (including phenoxy) is 4. The Morgan fingerprint density at radius 2 is 0.620 bits per heavy atom. The number of carboxylic acid groups (broad SMARTS) is 1. The van der Waals surface area contributed by atoms with Crippen molar-refractivity contribution < 1.29 is 42.9 Å². The highest BCUT2D eigenvalue weighted by Gasteiger charge is 2.25. The predicted octanol–water partition coefficient (Wildman–Crippen LogP) is 25.7. The highest BCUT2D eigenvalue weighted by atomic mass is 16.7. The Hall–Kier alpha value is -2.75. The maximum atomic E-state index is 13.0. The van der Waals surface area contributed by atoms with Crippen molar-refractivity contribution in [3.05, 3.63) is 48.6 Å². The molecule has 0 saturated carbocycles. The minimum absolute atomic E-state index is 0.174. The van der Waals surface area contributed by atoms with E-state index >= 15 is 0 Å². The molecule has 0 spiro atoms. The lowest BCUT2D eigenvalue weighted by molar-refractivity contribution is -0.870. The van der Waals surface area contributed by atoms with E-state index in [0.717, 1.165) is 64.2 Å². The van der Waals surface area contributed by atoms with E-state index in [1.54, 1.807) is 0 Å². The third kappa shape index (κ3) is 74.6. The van der Waals surface area contributed by atoms with Crippen molar-refractivity contribution in [1.82, 2.24) is 0 Å². The summed E-state index contributed by atoms with van der Waals surface area (Å²) in [6.07, 6.45) is 94.2. The Balaban J connectivity index is 3.94. The second kappa shape index (κ2) is 74.0. The Kier molecular flexibility index (Phi) is 71.8. The van der Waals surface area contributed by atoms with Crippen molar-refractivity contribution in [2.24, 2.45) is 0 Å².